The maximum Gasteiger partial charge on any atom is 0.271 e. The molecule has 2 N–H and O–H groups in total. The Kier molecular flexibility index (Phi) is 4.34. The second-order valence-corrected chi connectivity index (χ2v) is 5.65. The number of amides is 1. The monoisotopic (exact) mass is 348 g/mol. The van der Waals surface area contributed by atoms with E-state index in [1.165, 1.54) is 12.4 Å². The van der Waals surface area contributed by atoms with Gasteiger partial charge in [0.05, 0.1) is 12.4 Å². The molecule has 0 saturated heterocycles. The van der Waals surface area contributed by atoms with Crippen LogP contribution in [-0.4, -0.2) is 22.7 Å². The highest BCUT2D eigenvalue weighted by atomic mass is 16.7. The number of hydrogen-bond donors (Lipinski definition) is 2. The van der Waals surface area contributed by atoms with Crippen LogP contribution in [0, 0.1) is 0 Å². The van der Waals surface area contributed by atoms with Crippen molar-refractivity contribution < 1.29 is 14.3 Å². The highest BCUT2D eigenvalue weighted by molar-refractivity contribution is 5.92. The molecule has 2 heterocycles. The summed E-state index contributed by atoms with van der Waals surface area (Å²) in [6.07, 6.45) is 2.97. The van der Waals surface area contributed by atoms with Crippen molar-refractivity contribution in [2.45, 2.75) is 6.54 Å². The predicted octanol–water partition coefficient (Wildman–Crippen LogP) is 2.88. The lowest BCUT2D eigenvalue weighted by Gasteiger charge is -2.07. The fraction of sp³-hybridized carbons (Fsp3) is 0.105. The number of aromatic nitrogens is 2. The number of anilines is 2. The molecule has 0 bridgehead atoms. The minimum atomic E-state index is -0.290. The van der Waals surface area contributed by atoms with Crippen LogP contribution in [0.2, 0.25) is 0 Å². The van der Waals surface area contributed by atoms with Crippen molar-refractivity contribution in [2.75, 3.05) is 12.1 Å². The molecular weight excluding hydrogens is 332 g/mol. The van der Waals surface area contributed by atoms with Gasteiger partial charge in [-0.1, -0.05) is 24.3 Å². The Labute approximate surface area is 150 Å². The lowest BCUT2D eigenvalue weighted by Crippen LogP contribution is -2.24. The van der Waals surface area contributed by atoms with Crippen LogP contribution in [0.25, 0.3) is 0 Å². The van der Waals surface area contributed by atoms with Crippen LogP contribution in [0.4, 0.5) is 11.5 Å². The first-order chi connectivity index (χ1) is 12.8. The van der Waals surface area contributed by atoms with Gasteiger partial charge in [-0.3, -0.25) is 4.79 Å². The number of hydrogen-bond acceptors (Lipinski definition) is 6. The molecular formula is C19H16N4O3. The van der Waals surface area contributed by atoms with Gasteiger partial charge >= 0.3 is 0 Å². The van der Waals surface area contributed by atoms with Crippen molar-refractivity contribution in [1.82, 2.24) is 15.3 Å². The van der Waals surface area contributed by atoms with Crippen molar-refractivity contribution >= 4 is 17.4 Å². The Balaban J connectivity index is 1.36. The van der Waals surface area contributed by atoms with Crippen LogP contribution >= 0.6 is 0 Å². The van der Waals surface area contributed by atoms with Crippen molar-refractivity contribution in [2.24, 2.45) is 0 Å². The van der Waals surface area contributed by atoms with Gasteiger partial charge in [0.1, 0.15) is 11.5 Å². The number of para-hydroxylation sites is 1. The normalized spacial score (nSPS) is 11.8. The molecule has 0 fully saturated rings. The number of carbonyl (C=O) groups excluding carboxylic acids is 1. The largest absolute Gasteiger partial charge is 0.454 e. The molecule has 1 aliphatic rings. The number of fused-ring (bicyclic) bond motifs is 1. The van der Waals surface area contributed by atoms with Crippen LogP contribution in [-0.2, 0) is 6.54 Å². The molecule has 0 aliphatic carbocycles. The fourth-order valence-corrected chi connectivity index (χ4v) is 2.50. The number of ether oxygens (including phenoxy) is 2. The lowest BCUT2D eigenvalue weighted by molar-refractivity contribution is 0.0945. The summed E-state index contributed by atoms with van der Waals surface area (Å²) in [6, 6.07) is 15.2. The third-order valence-electron chi connectivity index (χ3n) is 3.82. The molecule has 7 nitrogen and oxygen atoms in total. The number of nitrogens with zero attached hydrogens (tertiary/aromatic N) is 2. The quantitative estimate of drug-likeness (QED) is 0.737. The van der Waals surface area contributed by atoms with E-state index in [0.29, 0.717) is 23.9 Å². The summed E-state index contributed by atoms with van der Waals surface area (Å²) in [5.74, 6) is 1.69. The predicted molar refractivity (Wildman–Crippen MR) is 95.5 cm³/mol. The van der Waals surface area contributed by atoms with Gasteiger partial charge in [-0.25, -0.2) is 9.97 Å². The van der Waals surface area contributed by atoms with Crippen molar-refractivity contribution in [3.05, 3.63) is 72.2 Å². The summed E-state index contributed by atoms with van der Waals surface area (Å²) < 4.78 is 10.6. The second-order valence-electron chi connectivity index (χ2n) is 5.65. The molecule has 1 amide bonds. The van der Waals surface area contributed by atoms with E-state index >= 15 is 0 Å². The SMILES string of the molecule is O=C(NCc1ccc2c(c1)OCO2)c1cnc(Nc2ccccc2)cn1. The molecule has 0 saturated carbocycles. The zero-order valence-electron chi connectivity index (χ0n) is 13.8. The van der Waals surface area contributed by atoms with E-state index in [1.807, 2.05) is 48.5 Å². The second kappa shape index (κ2) is 7.10. The molecule has 0 unspecified atom stereocenters. The zero-order valence-corrected chi connectivity index (χ0v) is 13.8. The smallest absolute Gasteiger partial charge is 0.271 e. The molecule has 7 heteroatoms. The maximum absolute atomic E-state index is 12.2. The van der Waals surface area contributed by atoms with Crippen molar-refractivity contribution in [3.8, 4) is 11.5 Å². The maximum atomic E-state index is 12.2. The van der Waals surface area contributed by atoms with E-state index < -0.39 is 0 Å². The molecule has 1 aromatic heterocycles. The minimum absolute atomic E-state index is 0.226. The third kappa shape index (κ3) is 3.56. The number of nitrogens with one attached hydrogen (secondary N) is 2. The van der Waals surface area contributed by atoms with E-state index in [4.69, 9.17) is 9.47 Å². The molecule has 26 heavy (non-hydrogen) atoms. The third-order valence-corrected chi connectivity index (χ3v) is 3.82. The Morgan fingerprint density at radius 2 is 1.85 bits per heavy atom. The van der Waals surface area contributed by atoms with Crippen LogP contribution in [0.1, 0.15) is 16.1 Å². The Morgan fingerprint density at radius 1 is 1.00 bits per heavy atom. The first-order valence-electron chi connectivity index (χ1n) is 8.09. The average molecular weight is 348 g/mol. The molecule has 0 spiro atoms. The molecule has 0 atom stereocenters. The van der Waals surface area contributed by atoms with Gasteiger partial charge in [0, 0.05) is 12.2 Å². The van der Waals surface area contributed by atoms with E-state index in [2.05, 4.69) is 20.6 Å². The summed E-state index contributed by atoms with van der Waals surface area (Å²) in [7, 11) is 0. The summed E-state index contributed by atoms with van der Waals surface area (Å²) in [4.78, 5) is 20.6. The molecule has 3 aromatic rings. The minimum Gasteiger partial charge on any atom is -0.454 e. The summed E-state index contributed by atoms with van der Waals surface area (Å²) >= 11 is 0. The summed E-state index contributed by atoms with van der Waals surface area (Å²) in [5.41, 5.74) is 2.07. The van der Waals surface area contributed by atoms with E-state index in [0.717, 1.165) is 11.3 Å². The lowest BCUT2D eigenvalue weighted by atomic mass is 10.2. The summed E-state index contributed by atoms with van der Waals surface area (Å²) in [6.45, 7) is 0.589. The van der Waals surface area contributed by atoms with E-state index in [9.17, 15) is 4.79 Å². The first-order valence-corrected chi connectivity index (χ1v) is 8.09. The molecule has 130 valence electrons. The Bertz CT molecular complexity index is 914. The topological polar surface area (TPSA) is 85.4 Å². The van der Waals surface area contributed by atoms with Gasteiger partial charge in [-0.2, -0.15) is 0 Å². The van der Waals surface area contributed by atoms with Crippen LogP contribution in [0.3, 0.4) is 0 Å². The Hall–Kier alpha value is -3.61. The fourth-order valence-electron chi connectivity index (χ4n) is 2.50. The van der Waals surface area contributed by atoms with Gasteiger partial charge in [-0.15, -0.1) is 0 Å². The highest BCUT2D eigenvalue weighted by Crippen LogP contribution is 2.32. The number of benzene rings is 2. The van der Waals surface area contributed by atoms with Crippen LogP contribution in [0.15, 0.2) is 60.9 Å². The van der Waals surface area contributed by atoms with Gasteiger partial charge < -0.3 is 20.1 Å². The van der Waals surface area contributed by atoms with E-state index in [-0.39, 0.29) is 18.4 Å². The molecule has 2 aromatic carbocycles. The van der Waals surface area contributed by atoms with Gasteiger partial charge in [0.15, 0.2) is 11.5 Å². The standard InChI is InChI=1S/C19H16N4O3/c24-19(22-9-13-6-7-16-17(8-13)26-12-25-16)15-10-21-18(11-20-15)23-14-4-2-1-3-5-14/h1-8,10-11H,9,12H2,(H,21,23)(H,22,24). The first kappa shape index (κ1) is 15.9. The molecule has 1 aliphatic heterocycles. The van der Waals surface area contributed by atoms with E-state index in [1.54, 1.807) is 0 Å². The van der Waals surface area contributed by atoms with Crippen molar-refractivity contribution in [3.63, 3.8) is 0 Å². The Morgan fingerprint density at radius 3 is 2.65 bits per heavy atom. The molecule has 0 radical (unpaired) electrons. The van der Waals surface area contributed by atoms with Crippen molar-refractivity contribution in [1.29, 1.82) is 0 Å². The van der Waals surface area contributed by atoms with Crippen LogP contribution < -0.4 is 20.1 Å². The molecule has 4 rings (SSSR count). The number of rotatable bonds is 5. The average Bonchev–Trinajstić information content (AvgIpc) is 3.15. The summed E-state index contributed by atoms with van der Waals surface area (Å²) in [5, 5.41) is 5.94. The van der Waals surface area contributed by atoms with Gasteiger partial charge in [-0.05, 0) is 29.8 Å². The number of carbonyl (C=O) groups is 1. The van der Waals surface area contributed by atoms with Gasteiger partial charge in [0.2, 0.25) is 6.79 Å². The zero-order chi connectivity index (χ0) is 17.8. The van der Waals surface area contributed by atoms with Gasteiger partial charge in [0.25, 0.3) is 5.91 Å². The highest BCUT2D eigenvalue weighted by Gasteiger charge is 2.14. The van der Waals surface area contributed by atoms with Crippen LogP contribution in [0.5, 0.6) is 11.5 Å².